The second-order valence-electron chi connectivity index (χ2n) is 16.4. The van der Waals surface area contributed by atoms with Gasteiger partial charge >= 0.3 is 11.9 Å². The molecule has 2 heterocycles. The number of benzene rings is 4. The van der Waals surface area contributed by atoms with Crippen molar-refractivity contribution in [3.63, 3.8) is 0 Å². The fourth-order valence-corrected chi connectivity index (χ4v) is 6.91. The second kappa shape index (κ2) is 24.4. The Kier molecular flexibility index (Phi) is 19.2. The van der Waals surface area contributed by atoms with Gasteiger partial charge in [0.1, 0.15) is 17.1 Å². The summed E-state index contributed by atoms with van der Waals surface area (Å²) < 4.78 is 16.0. The predicted octanol–water partition coefficient (Wildman–Crippen LogP) is 13.4. The van der Waals surface area contributed by atoms with Crippen molar-refractivity contribution in [3.8, 4) is 56.3 Å². The topological polar surface area (TPSA) is 142 Å². The Morgan fingerprint density at radius 2 is 0.892 bits per heavy atom. The Balaban J connectivity index is 0.000000282. The molecule has 0 aliphatic carbocycles. The smallest absolute Gasteiger partial charge is 0.338 e. The minimum Gasteiger partial charge on any atom is -0.497 e. The fourth-order valence-electron chi connectivity index (χ4n) is 6.91. The van der Waals surface area contributed by atoms with Gasteiger partial charge in [-0.15, -0.1) is 12.4 Å². The number of methoxy groups -OCH3 is 2. The van der Waals surface area contributed by atoms with E-state index < -0.39 is 11.6 Å². The van der Waals surface area contributed by atoms with Crippen molar-refractivity contribution in [2.45, 2.75) is 91.6 Å². The number of hydrogen-bond acceptors (Lipinski definition) is 9. The van der Waals surface area contributed by atoms with Gasteiger partial charge in [0.2, 0.25) is 0 Å². The standard InChI is InChI=1S/C29H33NO4.C25H25NO4.ClH/c1-6-7-8-9-26(31)23-18-25(27(30-19-23)21-14-16-24(33-5)17-15-21)20-10-12-22(13-11-20)28(32)34-29(2,3)4;1-3-4-5-6-23(27)20-15-22(17-7-9-19(10-8-17)25(28)29)24(26-16-20)18-11-13-21(30-2)14-12-18;/h10-19H,6-9H2,1-5H3;7-16H,3-6H2,1-2H3,(H,28,29);1H. The number of halogens is 1. The second-order valence-corrected chi connectivity index (χ2v) is 16.4. The van der Waals surface area contributed by atoms with E-state index >= 15 is 0 Å². The average Bonchev–Trinajstić information content (AvgIpc) is 3.31. The van der Waals surface area contributed by atoms with Crippen LogP contribution in [-0.4, -0.2) is 58.4 Å². The van der Waals surface area contributed by atoms with Crippen LogP contribution in [-0.2, 0) is 4.74 Å². The SMILES string of the molecule is CCCCCC(=O)c1cnc(-c2ccc(OC)cc2)c(-c2ccc(C(=O)O)cc2)c1.CCCCCC(=O)c1cnc(-c2ccc(OC)cc2)c(-c2ccc(C(=O)OC(C)(C)C)cc2)c1.Cl. The summed E-state index contributed by atoms with van der Waals surface area (Å²) in [5.74, 6) is 0.320. The number of carbonyl (C=O) groups is 4. The molecule has 0 saturated heterocycles. The van der Waals surface area contributed by atoms with E-state index in [0.29, 0.717) is 29.5 Å². The number of hydrogen-bond donors (Lipinski definition) is 1. The van der Waals surface area contributed by atoms with Gasteiger partial charge in [0.25, 0.3) is 0 Å². The molecule has 4 aromatic carbocycles. The van der Waals surface area contributed by atoms with Gasteiger partial charge < -0.3 is 19.3 Å². The molecule has 340 valence electrons. The molecular formula is C54H59ClN2O8. The molecule has 10 nitrogen and oxygen atoms in total. The zero-order valence-corrected chi connectivity index (χ0v) is 39.1. The number of carbonyl (C=O) groups excluding carboxylic acids is 3. The van der Waals surface area contributed by atoms with E-state index in [4.69, 9.17) is 14.2 Å². The van der Waals surface area contributed by atoms with Crippen molar-refractivity contribution in [1.29, 1.82) is 0 Å². The molecule has 65 heavy (non-hydrogen) atoms. The van der Waals surface area contributed by atoms with Crippen LogP contribution in [0.25, 0.3) is 44.8 Å². The Morgan fingerprint density at radius 1 is 0.523 bits per heavy atom. The number of carboxylic acids is 1. The molecule has 0 saturated carbocycles. The highest BCUT2D eigenvalue weighted by Crippen LogP contribution is 2.35. The minimum atomic E-state index is -0.977. The maximum Gasteiger partial charge on any atom is 0.338 e. The van der Waals surface area contributed by atoms with Gasteiger partial charge in [-0.1, -0.05) is 63.8 Å². The molecule has 0 atom stereocenters. The molecule has 0 bridgehead atoms. The number of nitrogens with zero attached hydrogens (tertiary/aromatic N) is 2. The molecule has 0 aliphatic rings. The van der Waals surface area contributed by atoms with Gasteiger partial charge in [-0.25, -0.2) is 9.59 Å². The van der Waals surface area contributed by atoms with Gasteiger partial charge in [0.05, 0.1) is 36.7 Å². The molecule has 11 heteroatoms. The molecular weight excluding hydrogens is 840 g/mol. The number of aromatic carboxylic acids is 1. The molecule has 0 aliphatic heterocycles. The third-order valence-corrected chi connectivity index (χ3v) is 10.4. The zero-order chi connectivity index (χ0) is 46.2. The summed E-state index contributed by atoms with van der Waals surface area (Å²) in [6.07, 6.45) is 10.2. The molecule has 0 amide bonds. The monoisotopic (exact) mass is 898 g/mol. The average molecular weight is 900 g/mol. The van der Waals surface area contributed by atoms with Crippen molar-refractivity contribution < 1.29 is 38.5 Å². The van der Waals surface area contributed by atoms with Gasteiger partial charge in [0.15, 0.2) is 11.6 Å². The third-order valence-electron chi connectivity index (χ3n) is 10.4. The van der Waals surface area contributed by atoms with Gasteiger partial charge in [-0.05, 0) is 130 Å². The molecule has 0 radical (unpaired) electrons. The lowest BCUT2D eigenvalue weighted by Gasteiger charge is -2.19. The van der Waals surface area contributed by atoms with Crippen molar-refractivity contribution in [1.82, 2.24) is 9.97 Å². The van der Waals surface area contributed by atoms with E-state index in [9.17, 15) is 24.3 Å². The number of esters is 1. The fraction of sp³-hybridized carbons (Fsp3) is 0.296. The number of pyridine rings is 2. The largest absolute Gasteiger partial charge is 0.497 e. The van der Waals surface area contributed by atoms with E-state index in [-0.39, 0.29) is 35.5 Å². The summed E-state index contributed by atoms with van der Waals surface area (Å²) in [5, 5.41) is 9.18. The van der Waals surface area contributed by atoms with Gasteiger partial charge in [-0.2, -0.15) is 0 Å². The Labute approximate surface area is 388 Å². The van der Waals surface area contributed by atoms with Crippen LogP contribution in [0.2, 0.25) is 0 Å². The Hall–Kier alpha value is -6.65. The number of ketones is 2. The number of Topliss-reactive ketones (excluding diaryl/α,β-unsaturated/α-hetero) is 2. The van der Waals surface area contributed by atoms with Crippen molar-refractivity contribution in [2.24, 2.45) is 0 Å². The van der Waals surface area contributed by atoms with Gasteiger partial charge in [-0.3, -0.25) is 19.6 Å². The molecule has 2 aromatic heterocycles. The van der Waals surface area contributed by atoms with Crippen LogP contribution in [0.1, 0.15) is 127 Å². The first-order chi connectivity index (χ1) is 30.7. The number of ether oxygens (including phenoxy) is 3. The van der Waals surface area contributed by atoms with Crippen LogP contribution in [0, 0.1) is 0 Å². The lowest BCUT2D eigenvalue weighted by atomic mass is 9.95. The molecule has 6 rings (SSSR count). The first-order valence-corrected chi connectivity index (χ1v) is 21.8. The first-order valence-electron chi connectivity index (χ1n) is 21.8. The van der Waals surface area contributed by atoms with Crippen molar-refractivity contribution >= 4 is 35.9 Å². The third kappa shape index (κ3) is 14.4. The van der Waals surface area contributed by atoms with E-state index in [1.165, 1.54) is 0 Å². The number of carboxylic acid groups (broad SMARTS) is 1. The summed E-state index contributed by atoms with van der Waals surface area (Å²) in [6.45, 7) is 9.75. The normalized spacial score (nSPS) is 10.8. The van der Waals surface area contributed by atoms with E-state index in [1.54, 1.807) is 63.0 Å². The minimum absolute atomic E-state index is 0. The number of unbranched alkanes of at least 4 members (excludes halogenated alkanes) is 4. The van der Waals surface area contributed by atoms with Crippen LogP contribution < -0.4 is 9.47 Å². The van der Waals surface area contributed by atoms with Crippen LogP contribution in [0.5, 0.6) is 11.5 Å². The lowest BCUT2D eigenvalue weighted by Crippen LogP contribution is -2.23. The van der Waals surface area contributed by atoms with Crippen LogP contribution >= 0.6 is 12.4 Å². The van der Waals surface area contributed by atoms with E-state index in [2.05, 4.69) is 23.8 Å². The quantitative estimate of drug-likeness (QED) is 0.0503. The van der Waals surface area contributed by atoms with Crippen LogP contribution in [0.3, 0.4) is 0 Å². The van der Waals surface area contributed by atoms with E-state index in [1.807, 2.05) is 93.6 Å². The van der Waals surface area contributed by atoms with Gasteiger partial charge in [0, 0.05) is 58.6 Å². The highest BCUT2D eigenvalue weighted by atomic mass is 35.5. The van der Waals surface area contributed by atoms with Crippen LogP contribution in [0.4, 0.5) is 0 Å². The molecule has 0 fully saturated rings. The van der Waals surface area contributed by atoms with Crippen molar-refractivity contribution in [3.05, 3.63) is 144 Å². The molecule has 1 N–H and O–H groups in total. The summed E-state index contributed by atoms with van der Waals surface area (Å²) in [6, 6.07) is 32.8. The maximum atomic E-state index is 12.8. The maximum absolute atomic E-state index is 12.8. The number of aromatic nitrogens is 2. The summed E-state index contributed by atoms with van der Waals surface area (Å²) in [5.41, 5.74) is 7.89. The van der Waals surface area contributed by atoms with Crippen molar-refractivity contribution in [2.75, 3.05) is 14.2 Å². The Morgan fingerprint density at radius 3 is 1.23 bits per heavy atom. The highest BCUT2D eigenvalue weighted by Gasteiger charge is 2.20. The lowest BCUT2D eigenvalue weighted by molar-refractivity contribution is 0.00690. The summed E-state index contributed by atoms with van der Waals surface area (Å²) in [4.78, 5) is 58.4. The number of rotatable bonds is 18. The molecule has 6 aromatic rings. The molecule has 0 unspecified atom stereocenters. The highest BCUT2D eigenvalue weighted by molar-refractivity contribution is 5.99. The Bertz CT molecular complexity index is 2510. The predicted molar refractivity (Wildman–Crippen MR) is 260 cm³/mol. The van der Waals surface area contributed by atoms with Crippen LogP contribution in [0.15, 0.2) is 122 Å². The molecule has 0 spiro atoms. The van der Waals surface area contributed by atoms with E-state index in [0.717, 1.165) is 94.8 Å². The summed E-state index contributed by atoms with van der Waals surface area (Å²) >= 11 is 0. The first kappa shape index (κ1) is 51.0. The zero-order valence-electron chi connectivity index (χ0n) is 38.3. The summed E-state index contributed by atoms with van der Waals surface area (Å²) in [7, 11) is 3.24.